The van der Waals surface area contributed by atoms with Gasteiger partial charge >= 0.3 is 0 Å². The van der Waals surface area contributed by atoms with Gasteiger partial charge < -0.3 is 14.2 Å². The van der Waals surface area contributed by atoms with Gasteiger partial charge in [0.15, 0.2) is 5.79 Å². The Morgan fingerprint density at radius 3 is 2.86 bits per heavy atom. The molecule has 0 aliphatic carbocycles. The first-order chi connectivity index (χ1) is 10.1. The van der Waals surface area contributed by atoms with Crippen molar-refractivity contribution >= 4 is 12.1 Å². The van der Waals surface area contributed by atoms with Crippen molar-refractivity contribution in [3.05, 3.63) is 29.8 Å². The summed E-state index contributed by atoms with van der Waals surface area (Å²) in [7, 11) is 0. The Morgan fingerprint density at radius 2 is 2.14 bits per heavy atom. The first-order valence-electron chi connectivity index (χ1n) is 6.94. The van der Waals surface area contributed by atoms with Gasteiger partial charge in [-0.1, -0.05) is 12.1 Å². The van der Waals surface area contributed by atoms with Crippen molar-refractivity contribution in [2.45, 2.75) is 26.1 Å². The molecule has 1 aromatic rings. The third-order valence-electron chi connectivity index (χ3n) is 2.99. The molecule has 1 aliphatic rings. The molecule has 6 heteroatoms. The molecule has 1 heterocycles. The van der Waals surface area contributed by atoms with E-state index in [1.807, 2.05) is 31.2 Å². The molecule has 0 radical (unpaired) electrons. The molecule has 1 N–H and O–H groups in total. The molecule has 0 bridgehead atoms. The van der Waals surface area contributed by atoms with E-state index in [4.69, 9.17) is 14.2 Å². The van der Waals surface area contributed by atoms with Gasteiger partial charge in [-0.15, -0.1) is 0 Å². The van der Waals surface area contributed by atoms with Gasteiger partial charge in [-0.25, -0.2) is 5.43 Å². The first kappa shape index (κ1) is 15.5. The summed E-state index contributed by atoms with van der Waals surface area (Å²) in [5.41, 5.74) is 3.27. The summed E-state index contributed by atoms with van der Waals surface area (Å²) in [4.78, 5) is 11.8. The third-order valence-corrected chi connectivity index (χ3v) is 2.99. The second kappa shape index (κ2) is 7.19. The Hall–Kier alpha value is -1.92. The summed E-state index contributed by atoms with van der Waals surface area (Å²) >= 11 is 0. The number of hydrogen-bond donors (Lipinski definition) is 1. The van der Waals surface area contributed by atoms with Gasteiger partial charge in [-0.2, -0.15) is 5.10 Å². The molecule has 0 spiro atoms. The highest BCUT2D eigenvalue weighted by atomic mass is 16.7. The lowest BCUT2D eigenvalue weighted by atomic mass is 10.2. The van der Waals surface area contributed by atoms with Crippen molar-refractivity contribution < 1.29 is 19.0 Å². The zero-order chi connectivity index (χ0) is 15.1. The lowest BCUT2D eigenvalue weighted by molar-refractivity contribution is -0.159. The maximum absolute atomic E-state index is 11.8. The van der Waals surface area contributed by atoms with Gasteiger partial charge in [-0.05, 0) is 26.0 Å². The number of carbonyl (C=O) groups excluding carboxylic acids is 1. The van der Waals surface area contributed by atoms with Crippen molar-refractivity contribution in [1.29, 1.82) is 0 Å². The van der Waals surface area contributed by atoms with Crippen molar-refractivity contribution in [1.82, 2.24) is 5.43 Å². The number of hydrazone groups is 1. The van der Waals surface area contributed by atoms with Crippen molar-refractivity contribution in [3.63, 3.8) is 0 Å². The van der Waals surface area contributed by atoms with Crippen molar-refractivity contribution in [2.24, 2.45) is 5.10 Å². The fourth-order valence-corrected chi connectivity index (χ4v) is 2.04. The van der Waals surface area contributed by atoms with Crippen molar-refractivity contribution in [3.8, 4) is 5.75 Å². The molecular weight excluding hydrogens is 272 g/mol. The lowest BCUT2D eigenvalue weighted by Crippen LogP contribution is -2.33. The van der Waals surface area contributed by atoms with Gasteiger partial charge in [0, 0.05) is 5.56 Å². The molecule has 2 rings (SSSR count). The summed E-state index contributed by atoms with van der Waals surface area (Å²) in [6, 6.07) is 7.49. The summed E-state index contributed by atoms with van der Waals surface area (Å²) in [6.45, 7) is 5.25. The normalized spacial score (nSPS) is 17.0. The monoisotopic (exact) mass is 292 g/mol. The molecule has 0 aromatic heterocycles. The number of nitrogens with one attached hydrogen (secondary N) is 1. The van der Waals surface area contributed by atoms with Gasteiger partial charge in [0.2, 0.25) is 5.91 Å². The molecule has 1 amide bonds. The van der Waals surface area contributed by atoms with Crippen LogP contribution in [0.2, 0.25) is 0 Å². The number of para-hydroxylation sites is 1. The highest BCUT2D eigenvalue weighted by Gasteiger charge is 2.33. The van der Waals surface area contributed by atoms with Crippen LogP contribution in [0.4, 0.5) is 0 Å². The summed E-state index contributed by atoms with van der Waals surface area (Å²) in [6.07, 6.45) is 1.67. The number of nitrogens with zero attached hydrogens (tertiary/aromatic N) is 1. The summed E-state index contributed by atoms with van der Waals surface area (Å²) < 4.78 is 16.2. The standard InChI is InChI=1S/C15H20N2O4/c1-3-19-13-7-5-4-6-12(13)11-16-17-14(18)10-15(2)20-8-9-21-15/h4-7,11H,3,8-10H2,1-2H3,(H,17,18)/b16-11-. The van der Waals surface area contributed by atoms with Gasteiger partial charge in [-0.3, -0.25) is 4.79 Å². The Morgan fingerprint density at radius 1 is 1.43 bits per heavy atom. The predicted octanol–water partition coefficient (Wildman–Crippen LogP) is 1.69. The van der Waals surface area contributed by atoms with Crippen LogP contribution in [0.5, 0.6) is 5.75 Å². The molecule has 0 unspecified atom stereocenters. The van der Waals surface area contributed by atoms with E-state index in [0.717, 1.165) is 11.3 Å². The fourth-order valence-electron chi connectivity index (χ4n) is 2.04. The number of benzene rings is 1. The molecule has 1 saturated heterocycles. The first-order valence-corrected chi connectivity index (χ1v) is 6.94. The number of hydrogen-bond acceptors (Lipinski definition) is 5. The zero-order valence-corrected chi connectivity index (χ0v) is 12.3. The van der Waals surface area contributed by atoms with Gasteiger partial charge in [0.25, 0.3) is 0 Å². The molecule has 1 fully saturated rings. The topological polar surface area (TPSA) is 69.2 Å². The highest BCUT2D eigenvalue weighted by Crippen LogP contribution is 2.22. The van der Waals surface area contributed by atoms with E-state index >= 15 is 0 Å². The van der Waals surface area contributed by atoms with E-state index in [9.17, 15) is 4.79 Å². The van der Waals surface area contributed by atoms with E-state index < -0.39 is 5.79 Å². The molecule has 1 aliphatic heterocycles. The molecule has 21 heavy (non-hydrogen) atoms. The molecular formula is C15H20N2O4. The molecule has 0 atom stereocenters. The number of carbonyl (C=O) groups is 1. The fraction of sp³-hybridized carbons (Fsp3) is 0.467. The third kappa shape index (κ3) is 4.54. The largest absolute Gasteiger partial charge is 0.493 e. The molecule has 114 valence electrons. The van der Waals surface area contributed by atoms with Crippen LogP contribution in [0.15, 0.2) is 29.4 Å². The minimum absolute atomic E-state index is 0.109. The average molecular weight is 292 g/mol. The van der Waals surface area contributed by atoms with Crippen LogP contribution in [0.3, 0.4) is 0 Å². The zero-order valence-electron chi connectivity index (χ0n) is 12.3. The van der Waals surface area contributed by atoms with Gasteiger partial charge in [0.1, 0.15) is 5.75 Å². The summed E-state index contributed by atoms with van der Waals surface area (Å²) in [5, 5.41) is 3.94. The quantitative estimate of drug-likeness (QED) is 0.640. The van der Waals surface area contributed by atoms with E-state index in [1.165, 1.54) is 0 Å². The van der Waals surface area contributed by atoms with Crippen LogP contribution in [0.25, 0.3) is 0 Å². The SMILES string of the molecule is CCOc1ccccc1/C=N\NC(=O)CC1(C)OCCO1. The maximum atomic E-state index is 11.8. The van der Waals surface area contributed by atoms with Crippen LogP contribution in [-0.2, 0) is 14.3 Å². The molecule has 1 aromatic carbocycles. The second-order valence-corrected chi connectivity index (χ2v) is 4.77. The van der Waals surface area contributed by atoms with Crippen LogP contribution in [0.1, 0.15) is 25.8 Å². The maximum Gasteiger partial charge on any atom is 0.245 e. The highest BCUT2D eigenvalue weighted by molar-refractivity contribution is 5.85. The van der Waals surface area contributed by atoms with Crippen LogP contribution in [-0.4, -0.2) is 37.7 Å². The van der Waals surface area contributed by atoms with Gasteiger partial charge in [0.05, 0.1) is 32.5 Å². The number of amides is 1. The Kier molecular flexibility index (Phi) is 5.30. The smallest absolute Gasteiger partial charge is 0.245 e. The average Bonchev–Trinajstić information content (AvgIpc) is 2.87. The summed E-state index contributed by atoms with van der Waals surface area (Å²) in [5.74, 6) is -0.375. The van der Waals surface area contributed by atoms with E-state index in [0.29, 0.717) is 19.8 Å². The van der Waals surface area contributed by atoms with E-state index in [-0.39, 0.29) is 12.3 Å². The minimum Gasteiger partial charge on any atom is -0.493 e. The second-order valence-electron chi connectivity index (χ2n) is 4.77. The number of ether oxygens (including phenoxy) is 3. The van der Waals surface area contributed by atoms with Crippen LogP contribution >= 0.6 is 0 Å². The Labute approximate surface area is 124 Å². The minimum atomic E-state index is -0.844. The predicted molar refractivity (Wildman–Crippen MR) is 78.3 cm³/mol. The van der Waals surface area contributed by atoms with Crippen molar-refractivity contribution in [2.75, 3.05) is 19.8 Å². The lowest BCUT2D eigenvalue weighted by Gasteiger charge is -2.20. The van der Waals surface area contributed by atoms with Crippen LogP contribution in [0, 0.1) is 0 Å². The Bertz CT molecular complexity index is 510. The van der Waals surface area contributed by atoms with E-state index in [1.54, 1.807) is 13.1 Å². The molecule has 0 saturated carbocycles. The molecule has 6 nitrogen and oxygen atoms in total. The number of rotatable bonds is 6. The Balaban J connectivity index is 1.88. The van der Waals surface area contributed by atoms with Crippen LogP contribution < -0.4 is 10.2 Å². The van der Waals surface area contributed by atoms with E-state index in [2.05, 4.69) is 10.5 Å².